The molecule has 0 aliphatic heterocycles. The van der Waals surface area contributed by atoms with Crippen molar-refractivity contribution in [1.82, 2.24) is 5.32 Å². The van der Waals surface area contributed by atoms with Crippen molar-refractivity contribution < 1.29 is 24.6 Å². The fraction of sp³-hybridized carbons (Fsp3) is 0.400. The lowest BCUT2D eigenvalue weighted by Gasteiger charge is -2.20. The molecule has 7 heteroatoms. The molecule has 0 fully saturated rings. The van der Waals surface area contributed by atoms with E-state index < -0.39 is 11.9 Å². The van der Waals surface area contributed by atoms with E-state index >= 15 is 0 Å². The minimum absolute atomic E-state index is 0.000306. The van der Waals surface area contributed by atoms with E-state index in [0.29, 0.717) is 10.6 Å². The molecule has 0 aliphatic rings. The van der Waals surface area contributed by atoms with Crippen LogP contribution in [0, 0.1) is 0 Å². The van der Waals surface area contributed by atoms with Gasteiger partial charge >= 0.3 is 11.9 Å². The van der Waals surface area contributed by atoms with Gasteiger partial charge in [-0.05, 0) is 45.4 Å². The molecular weight excluding hydrogens is 310 g/mol. The van der Waals surface area contributed by atoms with Crippen LogP contribution in [0.4, 0.5) is 0 Å². The molecule has 22 heavy (non-hydrogen) atoms. The predicted octanol–water partition coefficient (Wildman–Crippen LogP) is 2.59. The number of halogens is 1. The van der Waals surface area contributed by atoms with E-state index in [4.69, 9.17) is 31.4 Å². The fourth-order valence-corrected chi connectivity index (χ4v) is 1.66. The molecule has 3 N–H and O–H groups in total. The van der Waals surface area contributed by atoms with E-state index in [-0.39, 0.29) is 11.3 Å². The number of Topliss-reactive ketones (excluding diaryl/α,β-unsaturated/α-hetero) is 1. The number of benzene rings is 1. The van der Waals surface area contributed by atoms with Gasteiger partial charge in [0.25, 0.3) is 0 Å². The summed E-state index contributed by atoms with van der Waals surface area (Å²) in [7, 11) is 0. The average Bonchev–Trinajstić information content (AvgIpc) is 2.35. The Hall–Kier alpha value is -1.92. The Bertz CT molecular complexity index is 552. The first-order valence-electron chi connectivity index (χ1n) is 6.44. The molecule has 0 saturated heterocycles. The Kier molecular flexibility index (Phi) is 7.76. The van der Waals surface area contributed by atoms with E-state index in [9.17, 15) is 4.79 Å². The number of rotatable bonds is 3. The van der Waals surface area contributed by atoms with Crippen molar-refractivity contribution in [2.45, 2.75) is 39.8 Å². The summed E-state index contributed by atoms with van der Waals surface area (Å²) in [5.74, 6) is -3.65. The number of carbonyl (C=O) groups excluding carboxylic acids is 1. The summed E-state index contributed by atoms with van der Waals surface area (Å²) in [6.07, 6.45) is 0. The number of hydrogen-bond donors (Lipinski definition) is 3. The maximum atomic E-state index is 11.2. The number of carbonyl (C=O) groups is 3. The van der Waals surface area contributed by atoms with Gasteiger partial charge < -0.3 is 15.5 Å². The third-order valence-electron chi connectivity index (χ3n) is 2.42. The lowest BCUT2D eigenvalue weighted by atomic mass is 10.1. The number of aliphatic carboxylic acids is 2. The molecule has 0 aliphatic carbocycles. The summed E-state index contributed by atoms with van der Waals surface area (Å²) in [6, 6.07) is 5.56. The third-order valence-corrected chi connectivity index (χ3v) is 2.73. The summed E-state index contributed by atoms with van der Waals surface area (Å²) in [5.41, 5.74) is 1.75. The van der Waals surface area contributed by atoms with Gasteiger partial charge in [0.1, 0.15) is 0 Å². The molecule has 0 atom stereocenters. The second kappa shape index (κ2) is 8.51. The van der Waals surface area contributed by atoms with Crippen LogP contribution in [0.25, 0.3) is 0 Å². The van der Waals surface area contributed by atoms with Crippen LogP contribution in [-0.2, 0) is 16.1 Å². The topological polar surface area (TPSA) is 104 Å². The van der Waals surface area contributed by atoms with Crippen LogP contribution < -0.4 is 5.32 Å². The zero-order chi connectivity index (χ0) is 17.5. The second-order valence-electron chi connectivity index (χ2n) is 5.58. The maximum Gasteiger partial charge on any atom is 0.414 e. The summed E-state index contributed by atoms with van der Waals surface area (Å²) in [4.78, 5) is 29.4. The van der Waals surface area contributed by atoms with E-state index in [0.717, 1.165) is 12.1 Å². The highest BCUT2D eigenvalue weighted by atomic mass is 35.5. The maximum absolute atomic E-state index is 11.2. The summed E-state index contributed by atoms with van der Waals surface area (Å²) >= 11 is 6.03. The molecule has 1 aromatic rings. The van der Waals surface area contributed by atoms with Gasteiger partial charge in [0.15, 0.2) is 5.78 Å². The highest BCUT2D eigenvalue weighted by molar-refractivity contribution is 6.33. The Morgan fingerprint density at radius 3 is 1.95 bits per heavy atom. The van der Waals surface area contributed by atoms with Gasteiger partial charge in [0.05, 0.1) is 5.02 Å². The molecular formula is C15H20ClNO5. The van der Waals surface area contributed by atoms with Gasteiger partial charge in [0.2, 0.25) is 0 Å². The van der Waals surface area contributed by atoms with Crippen molar-refractivity contribution in [3.63, 3.8) is 0 Å². The van der Waals surface area contributed by atoms with Crippen LogP contribution in [0.5, 0.6) is 0 Å². The van der Waals surface area contributed by atoms with Crippen LogP contribution in [0.15, 0.2) is 18.2 Å². The molecule has 0 unspecified atom stereocenters. The van der Waals surface area contributed by atoms with Crippen LogP contribution >= 0.6 is 11.6 Å². The van der Waals surface area contributed by atoms with Crippen molar-refractivity contribution in [2.24, 2.45) is 0 Å². The molecule has 6 nitrogen and oxygen atoms in total. The van der Waals surface area contributed by atoms with E-state index in [2.05, 4.69) is 26.1 Å². The van der Waals surface area contributed by atoms with Gasteiger partial charge in [-0.2, -0.15) is 0 Å². The van der Waals surface area contributed by atoms with E-state index in [1.165, 1.54) is 6.92 Å². The Labute approximate surface area is 134 Å². The van der Waals surface area contributed by atoms with Crippen molar-refractivity contribution in [3.8, 4) is 0 Å². The highest BCUT2D eigenvalue weighted by Gasteiger charge is 2.10. The quantitative estimate of drug-likeness (QED) is 0.581. The minimum atomic E-state index is -1.82. The zero-order valence-electron chi connectivity index (χ0n) is 12.9. The Morgan fingerprint density at radius 2 is 1.64 bits per heavy atom. The lowest BCUT2D eigenvalue weighted by Crippen LogP contribution is -2.35. The van der Waals surface area contributed by atoms with Crippen molar-refractivity contribution in [2.75, 3.05) is 0 Å². The number of nitrogens with one attached hydrogen (secondary N) is 1. The molecule has 0 heterocycles. The number of hydrogen-bond acceptors (Lipinski definition) is 4. The summed E-state index contributed by atoms with van der Waals surface area (Å²) < 4.78 is 0. The summed E-state index contributed by atoms with van der Waals surface area (Å²) in [6.45, 7) is 8.60. The zero-order valence-corrected chi connectivity index (χ0v) is 13.7. The molecule has 0 spiro atoms. The molecule has 1 aromatic carbocycles. The van der Waals surface area contributed by atoms with Crippen molar-refractivity contribution in [3.05, 3.63) is 34.3 Å². The van der Waals surface area contributed by atoms with E-state index in [1.807, 2.05) is 12.1 Å². The van der Waals surface area contributed by atoms with Gasteiger partial charge in [0, 0.05) is 17.6 Å². The predicted molar refractivity (Wildman–Crippen MR) is 83.3 cm³/mol. The molecule has 1 rings (SSSR count). The van der Waals surface area contributed by atoms with Crippen molar-refractivity contribution in [1.29, 1.82) is 0 Å². The fourth-order valence-electron chi connectivity index (χ4n) is 1.32. The largest absolute Gasteiger partial charge is 0.473 e. The first kappa shape index (κ1) is 20.1. The van der Waals surface area contributed by atoms with Crippen LogP contribution in [0.3, 0.4) is 0 Å². The lowest BCUT2D eigenvalue weighted by molar-refractivity contribution is -0.159. The Balaban J connectivity index is 0.000000626. The van der Waals surface area contributed by atoms with Crippen LogP contribution in [-0.4, -0.2) is 33.5 Å². The normalized spacial score (nSPS) is 10.4. The molecule has 122 valence electrons. The number of carboxylic acid groups (broad SMARTS) is 2. The standard InChI is InChI=1S/C13H18ClNO.C2H2O4/c1-9(16)11-6-5-10(7-12(11)14)8-15-13(2,3)4;3-1(4)2(5)6/h5-7,15H,8H2,1-4H3;(H,3,4)(H,5,6). The van der Waals surface area contributed by atoms with Gasteiger partial charge in [-0.1, -0.05) is 17.7 Å². The van der Waals surface area contributed by atoms with Gasteiger partial charge in [-0.3, -0.25) is 4.79 Å². The second-order valence-corrected chi connectivity index (χ2v) is 5.99. The molecule has 0 aromatic heterocycles. The SMILES string of the molecule is CC(=O)c1ccc(CNC(C)(C)C)cc1Cl.O=C(O)C(=O)O. The van der Waals surface area contributed by atoms with Gasteiger partial charge in [-0.15, -0.1) is 0 Å². The van der Waals surface area contributed by atoms with Crippen molar-refractivity contribution >= 4 is 29.3 Å². The highest BCUT2D eigenvalue weighted by Crippen LogP contribution is 2.18. The molecule has 0 amide bonds. The monoisotopic (exact) mass is 329 g/mol. The Morgan fingerprint density at radius 1 is 1.14 bits per heavy atom. The first-order chi connectivity index (χ1) is 9.94. The third kappa shape index (κ3) is 8.39. The molecule has 0 bridgehead atoms. The first-order valence-corrected chi connectivity index (χ1v) is 6.82. The number of ketones is 1. The van der Waals surface area contributed by atoms with E-state index in [1.54, 1.807) is 6.07 Å². The van der Waals surface area contributed by atoms with Crippen LogP contribution in [0.1, 0.15) is 43.6 Å². The molecule has 0 saturated carbocycles. The average molecular weight is 330 g/mol. The van der Waals surface area contributed by atoms with Gasteiger partial charge in [-0.25, -0.2) is 9.59 Å². The smallest absolute Gasteiger partial charge is 0.414 e. The minimum Gasteiger partial charge on any atom is -0.473 e. The van der Waals surface area contributed by atoms with Crippen LogP contribution in [0.2, 0.25) is 5.02 Å². The summed E-state index contributed by atoms with van der Waals surface area (Å²) in [5, 5.41) is 18.7. The number of carboxylic acids is 2. The molecule has 0 radical (unpaired) electrons.